The smallest absolute Gasteiger partial charge is 0.258 e. The quantitative estimate of drug-likeness (QED) is 0.553. The van der Waals surface area contributed by atoms with E-state index >= 15 is 0 Å². The Morgan fingerprint density at radius 3 is 1.66 bits per heavy atom. The maximum atomic E-state index is 12.5. The van der Waals surface area contributed by atoms with Crippen molar-refractivity contribution in [3.05, 3.63) is 48.5 Å². The Morgan fingerprint density at radius 1 is 0.781 bits per heavy atom. The van der Waals surface area contributed by atoms with Crippen LogP contribution in [0, 0.1) is 5.41 Å². The van der Waals surface area contributed by atoms with Gasteiger partial charge in [0.1, 0.15) is 0 Å². The summed E-state index contributed by atoms with van der Waals surface area (Å²) in [5.41, 5.74) is -0.295. The van der Waals surface area contributed by atoms with Crippen LogP contribution in [-0.4, -0.2) is 51.8 Å². The van der Waals surface area contributed by atoms with E-state index in [9.17, 15) is 9.59 Å². The molecule has 2 aromatic rings. The highest BCUT2D eigenvalue weighted by Crippen LogP contribution is 2.26. The van der Waals surface area contributed by atoms with Gasteiger partial charge < -0.3 is 29.6 Å². The number of ether oxygens (including phenoxy) is 4. The van der Waals surface area contributed by atoms with Crippen LogP contribution in [-0.2, 0) is 9.59 Å². The van der Waals surface area contributed by atoms with Gasteiger partial charge in [0.25, 0.3) is 11.8 Å². The van der Waals surface area contributed by atoms with Crippen LogP contribution in [0.2, 0.25) is 0 Å². The Kier molecular flexibility index (Phi) is 9.19. The average molecular weight is 445 g/mol. The molecule has 0 saturated heterocycles. The molecule has 2 rings (SSSR count). The van der Waals surface area contributed by atoms with Gasteiger partial charge in [0.05, 0.1) is 20.3 Å². The lowest BCUT2D eigenvalue weighted by atomic mass is 9.86. The molecule has 0 bridgehead atoms. The summed E-state index contributed by atoms with van der Waals surface area (Å²) < 4.78 is 21.6. The number of benzene rings is 2. The molecule has 2 amide bonds. The van der Waals surface area contributed by atoms with Gasteiger partial charge >= 0.3 is 0 Å². The third-order valence-electron chi connectivity index (χ3n) is 4.74. The second kappa shape index (κ2) is 11.8. The molecule has 1 unspecified atom stereocenters. The van der Waals surface area contributed by atoms with E-state index in [1.807, 2.05) is 32.9 Å². The van der Waals surface area contributed by atoms with Crippen LogP contribution in [0.1, 0.15) is 20.8 Å². The molecule has 32 heavy (non-hydrogen) atoms. The molecule has 2 aromatic carbocycles. The van der Waals surface area contributed by atoms with E-state index in [0.29, 0.717) is 23.0 Å². The monoisotopic (exact) mass is 444 g/mol. The number of hydrogen-bond donors (Lipinski definition) is 2. The fourth-order valence-corrected chi connectivity index (χ4v) is 2.84. The summed E-state index contributed by atoms with van der Waals surface area (Å²) in [6, 6.07) is 13.9. The Labute approximate surface area is 189 Å². The number of nitrogens with one attached hydrogen (secondary N) is 2. The number of carbonyl (C=O) groups excluding carboxylic acids is 2. The molecule has 0 heterocycles. The third kappa shape index (κ3) is 7.68. The molecule has 0 aliphatic carbocycles. The lowest BCUT2D eigenvalue weighted by Crippen LogP contribution is -2.52. The van der Waals surface area contributed by atoms with E-state index in [1.54, 1.807) is 36.4 Å². The number of rotatable bonds is 11. The molecule has 0 aliphatic rings. The maximum Gasteiger partial charge on any atom is 0.258 e. The van der Waals surface area contributed by atoms with E-state index in [0.717, 1.165) is 0 Å². The predicted octanol–water partition coefficient (Wildman–Crippen LogP) is 2.81. The van der Waals surface area contributed by atoms with Gasteiger partial charge in [-0.15, -0.1) is 0 Å². The second-order valence-electron chi connectivity index (χ2n) is 8.17. The largest absolute Gasteiger partial charge is 0.493 e. The standard InChI is InChI=1S/C24H32N2O6/c1-24(2,3)21(26-23(28)16-32-20-13-9-7-11-18(20)30-5)14-25-22(27)15-31-19-12-8-6-10-17(19)29-4/h6-13,21H,14-16H2,1-5H3,(H,25,27)(H,26,28). The van der Waals surface area contributed by atoms with Crippen molar-refractivity contribution in [2.24, 2.45) is 5.41 Å². The van der Waals surface area contributed by atoms with Crippen molar-refractivity contribution in [1.82, 2.24) is 10.6 Å². The molecule has 2 N–H and O–H groups in total. The SMILES string of the molecule is COc1ccccc1OCC(=O)NCC(NC(=O)COc1ccccc1OC)C(C)(C)C. The van der Waals surface area contributed by atoms with Crippen molar-refractivity contribution in [2.75, 3.05) is 34.0 Å². The zero-order valence-corrected chi connectivity index (χ0v) is 19.3. The van der Waals surface area contributed by atoms with Crippen molar-refractivity contribution < 1.29 is 28.5 Å². The Morgan fingerprint density at radius 2 is 1.22 bits per heavy atom. The first-order chi connectivity index (χ1) is 15.2. The van der Waals surface area contributed by atoms with Gasteiger partial charge in [0, 0.05) is 6.54 Å². The predicted molar refractivity (Wildman–Crippen MR) is 121 cm³/mol. The highest BCUT2D eigenvalue weighted by Gasteiger charge is 2.27. The van der Waals surface area contributed by atoms with E-state index in [-0.39, 0.29) is 43.0 Å². The zero-order chi connectivity index (χ0) is 23.6. The minimum atomic E-state index is -0.313. The van der Waals surface area contributed by atoms with Crippen LogP contribution in [0.5, 0.6) is 23.0 Å². The zero-order valence-electron chi connectivity index (χ0n) is 19.3. The average Bonchev–Trinajstić information content (AvgIpc) is 2.78. The topological polar surface area (TPSA) is 95.1 Å². The molecule has 8 nitrogen and oxygen atoms in total. The van der Waals surface area contributed by atoms with Crippen LogP contribution < -0.4 is 29.6 Å². The minimum Gasteiger partial charge on any atom is -0.493 e. The maximum absolute atomic E-state index is 12.5. The van der Waals surface area contributed by atoms with Crippen LogP contribution >= 0.6 is 0 Å². The van der Waals surface area contributed by atoms with Gasteiger partial charge in [-0.2, -0.15) is 0 Å². The van der Waals surface area contributed by atoms with Crippen LogP contribution in [0.25, 0.3) is 0 Å². The fourth-order valence-electron chi connectivity index (χ4n) is 2.84. The van der Waals surface area contributed by atoms with E-state index in [4.69, 9.17) is 18.9 Å². The second-order valence-corrected chi connectivity index (χ2v) is 8.17. The van der Waals surface area contributed by atoms with E-state index in [1.165, 1.54) is 14.2 Å². The number of amides is 2. The van der Waals surface area contributed by atoms with Gasteiger partial charge in [-0.3, -0.25) is 9.59 Å². The van der Waals surface area contributed by atoms with Crippen LogP contribution in [0.4, 0.5) is 0 Å². The summed E-state index contributed by atoms with van der Waals surface area (Å²) in [6.45, 7) is 5.86. The van der Waals surface area contributed by atoms with Gasteiger partial charge in [-0.05, 0) is 29.7 Å². The normalized spacial score (nSPS) is 11.8. The molecule has 174 valence electrons. The van der Waals surface area contributed by atoms with Gasteiger partial charge in [0.15, 0.2) is 36.2 Å². The Bertz CT molecular complexity index is 894. The summed E-state index contributed by atoms with van der Waals surface area (Å²) in [4.78, 5) is 24.8. The van der Waals surface area contributed by atoms with Crippen LogP contribution in [0.3, 0.4) is 0 Å². The molecule has 0 fully saturated rings. The fraction of sp³-hybridized carbons (Fsp3) is 0.417. The summed E-state index contributed by atoms with van der Waals surface area (Å²) >= 11 is 0. The van der Waals surface area contributed by atoms with Gasteiger partial charge in [-0.25, -0.2) is 0 Å². The first-order valence-electron chi connectivity index (χ1n) is 10.3. The molecular formula is C24H32N2O6. The van der Waals surface area contributed by atoms with Gasteiger partial charge in [-0.1, -0.05) is 45.0 Å². The van der Waals surface area contributed by atoms with Crippen molar-refractivity contribution in [3.63, 3.8) is 0 Å². The summed E-state index contributed by atoms with van der Waals surface area (Å²) in [7, 11) is 3.08. The first-order valence-corrected chi connectivity index (χ1v) is 10.3. The Balaban J connectivity index is 1.86. The molecule has 0 aliphatic heterocycles. The molecule has 0 radical (unpaired) electrons. The van der Waals surface area contributed by atoms with Gasteiger partial charge in [0.2, 0.25) is 0 Å². The summed E-state index contributed by atoms with van der Waals surface area (Å²) in [5.74, 6) is 1.48. The van der Waals surface area contributed by atoms with Crippen molar-refractivity contribution >= 4 is 11.8 Å². The molecule has 8 heteroatoms. The Hall–Kier alpha value is -3.42. The number of methoxy groups -OCH3 is 2. The lowest BCUT2D eigenvalue weighted by molar-refractivity contribution is -0.126. The third-order valence-corrected chi connectivity index (χ3v) is 4.74. The molecule has 0 aromatic heterocycles. The van der Waals surface area contributed by atoms with E-state index in [2.05, 4.69) is 10.6 Å². The number of para-hydroxylation sites is 4. The molecular weight excluding hydrogens is 412 g/mol. The lowest BCUT2D eigenvalue weighted by Gasteiger charge is -2.31. The molecule has 0 saturated carbocycles. The van der Waals surface area contributed by atoms with Crippen molar-refractivity contribution in [1.29, 1.82) is 0 Å². The summed E-state index contributed by atoms with van der Waals surface area (Å²) in [5, 5.41) is 5.75. The number of hydrogen-bond acceptors (Lipinski definition) is 6. The minimum absolute atomic E-state index is 0.165. The van der Waals surface area contributed by atoms with E-state index < -0.39 is 0 Å². The van der Waals surface area contributed by atoms with Crippen molar-refractivity contribution in [2.45, 2.75) is 26.8 Å². The molecule has 0 spiro atoms. The van der Waals surface area contributed by atoms with Crippen molar-refractivity contribution in [3.8, 4) is 23.0 Å². The highest BCUT2D eigenvalue weighted by molar-refractivity contribution is 5.79. The first kappa shape index (κ1) is 24.8. The van der Waals surface area contributed by atoms with Crippen LogP contribution in [0.15, 0.2) is 48.5 Å². The molecule has 1 atom stereocenters. The number of carbonyl (C=O) groups is 2. The summed E-state index contributed by atoms with van der Waals surface area (Å²) in [6.07, 6.45) is 0. The highest BCUT2D eigenvalue weighted by atomic mass is 16.5.